The van der Waals surface area contributed by atoms with Gasteiger partial charge in [0.2, 0.25) is 23.6 Å². The smallest absolute Gasteiger partial charge is 0.236 e. The van der Waals surface area contributed by atoms with E-state index in [0.717, 1.165) is 19.5 Å². The normalized spacial score (nSPS) is 18.1. The third-order valence-electron chi connectivity index (χ3n) is 2.99. The van der Waals surface area contributed by atoms with Crippen LogP contribution in [0.5, 0.6) is 11.8 Å². The number of carbonyl (C=O) groups is 1. The maximum Gasteiger partial charge on any atom is 0.236 e. The largest absolute Gasteiger partial charge is 0.481 e. The molecule has 7 heteroatoms. The van der Waals surface area contributed by atoms with Gasteiger partial charge >= 0.3 is 0 Å². The van der Waals surface area contributed by atoms with E-state index in [1.54, 1.807) is 6.07 Å². The third kappa shape index (κ3) is 3.78. The third-order valence-corrected chi connectivity index (χ3v) is 2.99. The van der Waals surface area contributed by atoms with Crippen LogP contribution in [0.15, 0.2) is 6.07 Å². The summed E-state index contributed by atoms with van der Waals surface area (Å²) in [6.07, 6.45) is 1.49. The highest BCUT2D eigenvalue weighted by molar-refractivity contribution is 5.89. The molecule has 0 spiro atoms. The molecular weight excluding hydrogens is 248 g/mol. The number of aromatic nitrogens is 2. The molecule has 104 valence electrons. The zero-order valence-corrected chi connectivity index (χ0v) is 11.1. The SMILES string of the molecule is COc1cc(OC)nc(NC(=O)CC2CCNC2)n1. The number of hydrogen-bond donors (Lipinski definition) is 2. The Bertz CT molecular complexity index is 424. The molecule has 1 saturated heterocycles. The summed E-state index contributed by atoms with van der Waals surface area (Å²) in [5.74, 6) is 1.19. The predicted octanol–water partition coefficient (Wildman–Crippen LogP) is 0.432. The van der Waals surface area contributed by atoms with Gasteiger partial charge in [-0.15, -0.1) is 0 Å². The van der Waals surface area contributed by atoms with Gasteiger partial charge in [-0.05, 0) is 25.4 Å². The maximum absolute atomic E-state index is 11.9. The molecule has 0 bridgehead atoms. The molecule has 0 saturated carbocycles. The summed E-state index contributed by atoms with van der Waals surface area (Å²) in [5.41, 5.74) is 0. The number of anilines is 1. The van der Waals surface area contributed by atoms with Gasteiger partial charge in [-0.3, -0.25) is 10.1 Å². The van der Waals surface area contributed by atoms with E-state index in [1.807, 2.05) is 0 Å². The van der Waals surface area contributed by atoms with Crippen LogP contribution in [0.4, 0.5) is 5.95 Å². The van der Waals surface area contributed by atoms with Crippen LogP contribution in [-0.4, -0.2) is 43.2 Å². The molecule has 1 aromatic heterocycles. The number of nitrogens with zero attached hydrogens (tertiary/aromatic N) is 2. The second-order valence-electron chi connectivity index (χ2n) is 4.39. The lowest BCUT2D eigenvalue weighted by atomic mass is 10.1. The van der Waals surface area contributed by atoms with Gasteiger partial charge in [0.05, 0.1) is 20.3 Å². The predicted molar refractivity (Wildman–Crippen MR) is 69.4 cm³/mol. The first-order chi connectivity index (χ1) is 9.21. The van der Waals surface area contributed by atoms with E-state index in [2.05, 4.69) is 20.6 Å². The van der Waals surface area contributed by atoms with Crippen molar-refractivity contribution >= 4 is 11.9 Å². The summed E-state index contributed by atoms with van der Waals surface area (Å²) in [5, 5.41) is 5.90. The fraction of sp³-hybridized carbons (Fsp3) is 0.583. The molecule has 1 atom stereocenters. The first kappa shape index (κ1) is 13.5. The van der Waals surface area contributed by atoms with Crippen molar-refractivity contribution < 1.29 is 14.3 Å². The van der Waals surface area contributed by atoms with Crippen LogP contribution in [0.25, 0.3) is 0 Å². The van der Waals surface area contributed by atoms with Gasteiger partial charge in [-0.2, -0.15) is 9.97 Å². The Morgan fingerprint density at radius 1 is 1.42 bits per heavy atom. The highest BCUT2D eigenvalue weighted by Crippen LogP contribution is 2.18. The average molecular weight is 266 g/mol. The summed E-state index contributed by atoms with van der Waals surface area (Å²) < 4.78 is 10.0. The standard InChI is InChI=1S/C12H18N4O3/c1-18-10-6-11(19-2)16-12(15-10)14-9(17)5-8-3-4-13-7-8/h6,8,13H,3-5,7H2,1-2H3,(H,14,15,16,17). The minimum absolute atomic E-state index is 0.0935. The number of nitrogens with one attached hydrogen (secondary N) is 2. The summed E-state index contributed by atoms with van der Waals surface area (Å²) in [7, 11) is 3.00. The molecule has 1 aliphatic heterocycles. The molecule has 0 aliphatic carbocycles. The molecule has 19 heavy (non-hydrogen) atoms. The van der Waals surface area contributed by atoms with Crippen molar-refractivity contribution in [3.63, 3.8) is 0 Å². The van der Waals surface area contributed by atoms with Crippen LogP contribution < -0.4 is 20.1 Å². The minimum atomic E-state index is -0.0935. The van der Waals surface area contributed by atoms with Crippen LogP contribution >= 0.6 is 0 Å². The molecule has 1 aromatic rings. The van der Waals surface area contributed by atoms with E-state index < -0.39 is 0 Å². The Morgan fingerprint density at radius 2 is 2.11 bits per heavy atom. The maximum atomic E-state index is 11.9. The van der Waals surface area contributed by atoms with E-state index >= 15 is 0 Å². The second-order valence-corrected chi connectivity index (χ2v) is 4.39. The number of rotatable bonds is 5. The second kappa shape index (κ2) is 6.33. The monoisotopic (exact) mass is 266 g/mol. The topological polar surface area (TPSA) is 85.4 Å². The Kier molecular flexibility index (Phi) is 4.51. The molecule has 2 N–H and O–H groups in total. The molecular formula is C12H18N4O3. The zero-order chi connectivity index (χ0) is 13.7. The fourth-order valence-corrected chi connectivity index (χ4v) is 2.00. The number of hydrogen-bond acceptors (Lipinski definition) is 6. The summed E-state index contributed by atoms with van der Waals surface area (Å²) in [4.78, 5) is 20.0. The van der Waals surface area contributed by atoms with Gasteiger partial charge in [0.15, 0.2) is 0 Å². The van der Waals surface area contributed by atoms with Gasteiger partial charge < -0.3 is 14.8 Å². The average Bonchev–Trinajstić information content (AvgIpc) is 2.90. The van der Waals surface area contributed by atoms with Crippen LogP contribution in [0.1, 0.15) is 12.8 Å². The van der Waals surface area contributed by atoms with E-state index in [-0.39, 0.29) is 11.9 Å². The Balaban J connectivity index is 1.98. The molecule has 1 fully saturated rings. The highest BCUT2D eigenvalue weighted by Gasteiger charge is 2.19. The number of ether oxygens (including phenoxy) is 2. The summed E-state index contributed by atoms with van der Waals surface area (Å²) in [6.45, 7) is 1.86. The van der Waals surface area contributed by atoms with E-state index in [4.69, 9.17) is 9.47 Å². The van der Waals surface area contributed by atoms with Gasteiger partial charge in [0.1, 0.15) is 0 Å². The molecule has 1 amide bonds. The van der Waals surface area contributed by atoms with Crippen molar-refractivity contribution in [1.29, 1.82) is 0 Å². The van der Waals surface area contributed by atoms with Crippen LogP contribution in [0.3, 0.4) is 0 Å². The molecule has 7 nitrogen and oxygen atoms in total. The lowest BCUT2D eigenvalue weighted by Gasteiger charge is -2.09. The van der Waals surface area contributed by atoms with E-state index in [0.29, 0.717) is 24.1 Å². The van der Waals surface area contributed by atoms with Crippen molar-refractivity contribution in [3.05, 3.63) is 6.07 Å². The first-order valence-electron chi connectivity index (χ1n) is 6.19. The van der Waals surface area contributed by atoms with Crippen molar-refractivity contribution in [1.82, 2.24) is 15.3 Å². The van der Waals surface area contributed by atoms with Crippen LogP contribution in [0, 0.1) is 5.92 Å². The van der Waals surface area contributed by atoms with Crippen molar-refractivity contribution in [2.45, 2.75) is 12.8 Å². The summed E-state index contributed by atoms with van der Waals surface area (Å²) in [6, 6.07) is 1.55. The summed E-state index contributed by atoms with van der Waals surface area (Å²) >= 11 is 0. The highest BCUT2D eigenvalue weighted by atomic mass is 16.5. The number of methoxy groups -OCH3 is 2. The minimum Gasteiger partial charge on any atom is -0.481 e. The van der Waals surface area contributed by atoms with Gasteiger partial charge in [-0.1, -0.05) is 0 Å². The number of amides is 1. The molecule has 0 radical (unpaired) electrons. The van der Waals surface area contributed by atoms with E-state index in [9.17, 15) is 4.79 Å². The molecule has 2 heterocycles. The Labute approximate surface area is 111 Å². The van der Waals surface area contributed by atoms with Crippen molar-refractivity contribution in [2.24, 2.45) is 5.92 Å². The molecule has 2 rings (SSSR count). The Hall–Kier alpha value is -1.89. The van der Waals surface area contributed by atoms with Crippen molar-refractivity contribution in [2.75, 3.05) is 32.6 Å². The quantitative estimate of drug-likeness (QED) is 0.804. The molecule has 0 aromatic carbocycles. The zero-order valence-electron chi connectivity index (χ0n) is 11.1. The van der Waals surface area contributed by atoms with Gasteiger partial charge in [-0.25, -0.2) is 0 Å². The van der Waals surface area contributed by atoms with Crippen LogP contribution in [-0.2, 0) is 4.79 Å². The lowest BCUT2D eigenvalue weighted by Crippen LogP contribution is -2.19. The first-order valence-corrected chi connectivity index (χ1v) is 6.19. The van der Waals surface area contributed by atoms with Gasteiger partial charge in [0.25, 0.3) is 0 Å². The number of carbonyl (C=O) groups excluding carboxylic acids is 1. The van der Waals surface area contributed by atoms with Crippen molar-refractivity contribution in [3.8, 4) is 11.8 Å². The van der Waals surface area contributed by atoms with Gasteiger partial charge in [0, 0.05) is 6.42 Å². The van der Waals surface area contributed by atoms with Crippen LogP contribution in [0.2, 0.25) is 0 Å². The lowest BCUT2D eigenvalue weighted by molar-refractivity contribution is -0.117. The molecule has 1 unspecified atom stereocenters. The molecule has 1 aliphatic rings. The van der Waals surface area contributed by atoms with E-state index in [1.165, 1.54) is 14.2 Å². The Morgan fingerprint density at radius 3 is 2.63 bits per heavy atom. The fourth-order valence-electron chi connectivity index (χ4n) is 2.00.